The summed E-state index contributed by atoms with van der Waals surface area (Å²) in [5.41, 5.74) is 5.21. The molecule has 31 heavy (non-hydrogen) atoms. The van der Waals surface area contributed by atoms with E-state index in [1.54, 1.807) is 23.7 Å². The van der Waals surface area contributed by atoms with Gasteiger partial charge in [0.2, 0.25) is 0 Å². The van der Waals surface area contributed by atoms with Gasteiger partial charge in [0, 0.05) is 23.9 Å². The summed E-state index contributed by atoms with van der Waals surface area (Å²) in [6.45, 7) is 7.61. The highest BCUT2D eigenvalue weighted by Crippen LogP contribution is 2.38. The molecule has 0 fully saturated rings. The fraction of sp³-hybridized carbons (Fsp3) is 0.375. The third kappa shape index (κ3) is 3.83. The van der Waals surface area contributed by atoms with E-state index in [1.807, 2.05) is 6.07 Å². The quantitative estimate of drug-likeness (QED) is 0.459. The Morgan fingerprint density at radius 1 is 1.23 bits per heavy atom. The molecule has 1 aromatic carbocycles. The number of nitrogens with one attached hydrogen (secondary N) is 1. The van der Waals surface area contributed by atoms with Crippen molar-refractivity contribution in [3.63, 3.8) is 0 Å². The summed E-state index contributed by atoms with van der Waals surface area (Å²) in [7, 11) is 0. The first kappa shape index (κ1) is 20.2. The first-order valence-electron chi connectivity index (χ1n) is 10.7. The van der Waals surface area contributed by atoms with Crippen LogP contribution in [0.15, 0.2) is 30.6 Å². The fourth-order valence-electron chi connectivity index (χ4n) is 4.11. The molecule has 4 aromatic rings. The second-order valence-electron chi connectivity index (χ2n) is 8.67. The molecule has 7 heteroatoms. The summed E-state index contributed by atoms with van der Waals surface area (Å²) in [6.07, 6.45) is 4.10. The molecule has 0 saturated heterocycles. The molecule has 5 rings (SSSR count). The minimum atomic E-state index is -0.178. The monoisotopic (exact) mass is 434 g/mol. The van der Waals surface area contributed by atoms with Gasteiger partial charge in [0.15, 0.2) is 0 Å². The topological polar surface area (TPSA) is 80.2 Å². The first-order valence-corrected chi connectivity index (χ1v) is 11.5. The number of aryl methyl sites for hydroxylation is 1. The number of anilines is 1. The molecule has 0 radical (unpaired) electrons. The molecule has 0 spiro atoms. The highest BCUT2D eigenvalue weighted by atomic mass is 32.1. The fourth-order valence-corrected chi connectivity index (χ4v) is 5.21. The van der Waals surface area contributed by atoms with E-state index in [0.29, 0.717) is 12.4 Å². The molecule has 0 bridgehead atoms. The number of fused-ring (bicyclic) bond motifs is 4. The maximum absolute atomic E-state index is 9.89. The van der Waals surface area contributed by atoms with Crippen molar-refractivity contribution in [3.8, 4) is 5.75 Å². The van der Waals surface area contributed by atoms with Crippen LogP contribution in [0.1, 0.15) is 43.2 Å². The molecule has 3 aromatic heterocycles. The predicted molar refractivity (Wildman–Crippen MR) is 125 cm³/mol. The zero-order valence-electron chi connectivity index (χ0n) is 18.0. The lowest BCUT2D eigenvalue weighted by Crippen LogP contribution is -2.32. The lowest BCUT2D eigenvalue weighted by Gasteiger charge is -2.30. The Bertz CT molecular complexity index is 1280. The zero-order chi connectivity index (χ0) is 21.6. The van der Waals surface area contributed by atoms with Crippen LogP contribution in [0.3, 0.4) is 0 Å². The molecular formula is C24H26N4O2S. The van der Waals surface area contributed by atoms with Crippen molar-refractivity contribution in [3.05, 3.63) is 53.0 Å². The van der Waals surface area contributed by atoms with Crippen LogP contribution >= 0.6 is 11.3 Å². The zero-order valence-corrected chi connectivity index (χ0v) is 18.8. The molecule has 0 aliphatic carbocycles. The van der Waals surface area contributed by atoms with E-state index in [9.17, 15) is 5.11 Å². The van der Waals surface area contributed by atoms with Gasteiger partial charge in [0.05, 0.1) is 28.1 Å². The Morgan fingerprint density at radius 2 is 2.10 bits per heavy atom. The number of rotatable bonds is 5. The van der Waals surface area contributed by atoms with E-state index < -0.39 is 0 Å². The smallest absolute Gasteiger partial charge is 0.147 e. The summed E-state index contributed by atoms with van der Waals surface area (Å²) >= 11 is 1.64. The molecule has 4 heterocycles. The Labute approximate surface area is 185 Å². The van der Waals surface area contributed by atoms with Gasteiger partial charge in [0.1, 0.15) is 22.7 Å². The maximum atomic E-state index is 9.89. The van der Waals surface area contributed by atoms with Gasteiger partial charge < -0.3 is 15.2 Å². The number of hydrogen-bond acceptors (Lipinski definition) is 7. The lowest BCUT2D eigenvalue weighted by molar-refractivity contribution is -0.0411. The molecule has 2 N–H and O–H groups in total. The van der Waals surface area contributed by atoms with Crippen LogP contribution in [0.5, 0.6) is 5.75 Å². The first-order chi connectivity index (χ1) is 14.9. The summed E-state index contributed by atoms with van der Waals surface area (Å²) in [5.74, 6) is 1.21. The van der Waals surface area contributed by atoms with E-state index in [2.05, 4.69) is 48.2 Å². The van der Waals surface area contributed by atoms with Crippen LogP contribution in [0.4, 0.5) is 5.82 Å². The number of phenolic OH excluding ortho intramolecular Hbond substituents is 1. The Balaban J connectivity index is 1.42. The Morgan fingerprint density at radius 3 is 2.94 bits per heavy atom. The second kappa shape index (κ2) is 7.73. The van der Waals surface area contributed by atoms with Gasteiger partial charge in [-0.15, -0.1) is 11.3 Å². The van der Waals surface area contributed by atoms with Crippen molar-refractivity contribution in [2.24, 2.45) is 0 Å². The second-order valence-corrected chi connectivity index (χ2v) is 9.67. The van der Waals surface area contributed by atoms with E-state index in [0.717, 1.165) is 68.9 Å². The van der Waals surface area contributed by atoms with Crippen LogP contribution in [0.2, 0.25) is 0 Å². The Hall–Kier alpha value is -2.77. The number of pyridine rings is 1. The minimum absolute atomic E-state index is 0.178. The summed E-state index contributed by atoms with van der Waals surface area (Å²) < 4.78 is 7.01. The van der Waals surface area contributed by atoms with E-state index in [4.69, 9.17) is 9.72 Å². The van der Waals surface area contributed by atoms with Crippen LogP contribution in [-0.4, -0.2) is 32.2 Å². The van der Waals surface area contributed by atoms with Crippen molar-refractivity contribution in [1.82, 2.24) is 15.0 Å². The molecule has 6 nitrogen and oxygen atoms in total. The van der Waals surface area contributed by atoms with Gasteiger partial charge in [-0.05, 0) is 49.9 Å². The molecule has 1 aliphatic rings. The van der Waals surface area contributed by atoms with Crippen molar-refractivity contribution in [2.45, 2.75) is 52.2 Å². The number of benzene rings is 1. The largest absolute Gasteiger partial charge is 0.508 e. The number of nitrogens with zero attached hydrogens (tertiary/aromatic N) is 3. The summed E-state index contributed by atoms with van der Waals surface area (Å²) in [4.78, 5) is 15.0. The predicted octanol–water partition coefficient (Wildman–Crippen LogP) is 5.01. The molecule has 0 unspecified atom stereocenters. The van der Waals surface area contributed by atoms with Crippen LogP contribution < -0.4 is 5.32 Å². The molecule has 0 atom stereocenters. The van der Waals surface area contributed by atoms with Crippen molar-refractivity contribution < 1.29 is 9.84 Å². The average molecular weight is 435 g/mol. The van der Waals surface area contributed by atoms with Crippen molar-refractivity contribution in [1.29, 1.82) is 0 Å². The van der Waals surface area contributed by atoms with E-state index >= 15 is 0 Å². The molecule has 160 valence electrons. The van der Waals surface area contributed by atoms with Crippen LogP contribution in [-0.2, 0) is 30.6 Å². The number of aromatic nitrogens is 3. The van der Waals surface area contributed by atoms with Crippen molar-refractivity contribution in [2.75, 3.05) is 11.9 Å². The van der Waals surface area contributed by atoms with Crippen LogP contribution in [0.25, 0.3) is 20.4 Å². The number of thiophene rings is 1. The summed E-state index contributed by atoms with van der Waals surface area (Å²) in [5, 5.41) is 14.4. The normalized spacial score (nSPS) is 15.3. The number of aromatic hydroxyl groups is 1. The van der Waals surface area contributed by atoms with Gasteiger partial charge in [0.25, 0.3) is 0 Å². The highest BCUT2D eigenvalue weighted by Gasteiger charge is 2.28. The Kier molecular flexibility index (Phi) is 5.02. The van der Waals surface area contributed by atoms with Gasteiger partial charge in [-0.25, -0.2) is 15.0 Å². The SMILES string of the molecule is CCc1cc(CCNc2ncnc3c2sc2nc4c(cc23)COC(C)(C)C4)ccc1O. The number of phenols is 1. The minimum Gasteiger partial charge on any atom is -0.508 e. The van der Waals surface area contributed by atoms with Gasteiger partial charge >= 0.3 is 0 Å². The third-order valence-electron chi connectivity index (χ3n) is 5.86. The lowest BCUT2D eigenvalue weighted by atomic mass is 9.95. The average Bonchev–Trinajstić information content (AvgIpc) is 3.11. The number of ether oxygens (including phenoxy) is 1. The van der Waals surface area contributed by atoms with E-state index in [-0.39, 0.29) is 5.60 Å². The van der Waals surface area contributed by atoms with Gasteiger partial charge in [-0.1, -0.05) is 19.1 Å². The molecule has 0 saturated carbocycles. The van der Waals surface area contributed by atoms with Gasteiger partial charge in [-0.2, -0.15) is 0 Å². The van der Waals surface area contributed by atoms with E-state index in [1.165, 1.54) is 5.56 Å². The molecule has 1 aliphatic heterocycles. The van der Waals surface area contributed by atoms with Crippen molar-refractivity contribution >= 4 is 37.6 Å². The standard InChI is InChI=1S/C24H26N4O2S/c1-4-15-9-14(5-6-19(15)29)7-8-25-22-21-20(26-13-27-22)17-10-16-12-30-24(2,3)11-18(16)28-23(17)31-21/h5-6,9-10,13,29H,4,7-8,11-12H2,1-3H3,(H,25,26,27). The highest BCUT2D eigenvalue weighted by molar-refractivity contribution is 7.25. The molecule has 0 amide bonds. The number of hydrogen-bond donors (Lipinski definition) is 2. The molecular weight excluding hydrogens is 408 g/mol. The third-order valence-corrected chi connectivity index (χ3v) is 6.95. The maximum Gasteiger partial charge on any atom is 0.147 e. The summed E-state index contributed by atoms with van der Waals surface area (Å²) in [6, 6.07) is 8.01. The van der Waals surface area contributed by atoms with Crippen LogP contribution in [0, 0.1) is 0 Å². The van der Waals surface area contributed by atoms with Gasteiger partial charge in [-0.3, -0.25) is 0 Å².